The van der Waals surface area contributed by atoms with Crippen molar-refractivity contribution in [3.05, 3.63) is 134 Å². The van der Waals surface area contributed by atoms with Crippen LogP contribution >= 0.6 is 0 Å². The van der Waals surface area contributed by atoms with E-state index in [0.717, 1.165) is 116 Å². The van der Waals surface area contributed by atoms with Gasteiger partial charge in [0.2, 0.25) is 0 Å². The van der Waals surface area contributed by atoms with Gasteiger partial charge in [0.1, 0.15) is 13.2 Å². The molecular weight excluding hydrogens is 961 g/mol. The molecule has 1 unspecified atom stereocenters. The Hall–Kier alpha value is -4.45. The number of hydrogen-bond acceptors (Lipinski definition) is 6. The van der Waals surface area contributed by atoms with Gasteiger partial charge >= 0.3 is 17.9 Å². The molecule has 0 heterocycles. The molecule has 78 heavy (non-hydrogen) atoms. The average Bonchev–Trinajstić information content (AvgIpc) is 3.44. The number of rotatable bonds is 57. The molecule has 1 atom stereocenters. The van der Waals surface area contributed by atoms with Gasteiger partial charge < -0.3 is 14.2 Å². The maximum atomic E-state index is 12.8. The van der Waals surface area contributed by atoms with Gasteiger partial charge in [-0.2, -0.15) is 0 Å². The van der Waals surface area contributed by atoms with Crippen LogP contribution in [0.5, 0.6) is 0 Å². The molecule has 0 aliphatic carbocycles. The molecule has 0 aliphatic rings. The molecule has 0 spiro atoms. The zero-order valence-corrected chi connectivity index (χ0v) is 50.6. The van der Waals surface area contributed by atoms with Crippen LogP contribution in [0.2, 0.25) is 0 Å². The van der Waals surface area contributed by atoms with Gasteiger partial charge in [0.15, 0.2) is 6.10 Å². The van der Waals surface area contributed by atoms with Crippen molar-refractivity contribution in [2.45, 2.75) is 290 Å². The van der Waals surface area contributed by atoms with Crippen LogP contribution in [-0.4, -0.2) is 37.2 Å². The summed E-state index contributed by atoms with van der Waals surface area (Å²) < 4.78 is 16.8. The van der Waals surface area contributed by atoms with E-state index in [0.29, 0.717) is 19.3 Å². The SMILES string of the molecule is CC/C=C\C/C=C\C/C=C\C/C=C\C/C=C\C/C=C\CCCCCCCCCCCCCCCCC(=O)OCC(COC(=O)CCCCCCCCCCCC)OC(=O)CCC/C=C\C/C=C\C/C=C\C/C=C\C/C=C\CC. The Kier molecular flexibility index (Phi) is 61.4. The number of ether oxygens (including phenoxy) is 3. The summed E-state index contributed by atoms with van der Waals surface area (Å²) in [6.07, 6.45) is 92.0. The molecule has 6 heteroatoms. The third-order valence-electron chi connectivity index (χ3n) is 13.4. The topological polar surface area (TPSA) is 78.9 Å². The Labute approximate surface area is 481 Å². The van der Waals surface area contributed by atoms with Crippen LogP contribution in [0.3, 0.4) is 0 Å². The summed E-state index contributed by atoms with van der Waals surface area (Å²) in [5.41, 5.74) is 0. The van der Waals surface area contributed by atoms with E-state index in [9.17, 15) is 14.4 Å². The van der Waals surface area contributed by atoms with Gasteiger partial charge in [-0.05, 0) is 109 Å². The normalized spacial score (nSPS) is 13.0. The maximum Gasteiger partial charge on any atom is 0.306 e. The summed E-state index contributed by atoms with van der Waals surface area (Å²) >= 11 is 0. The van der Waals surface area contributed by atoms with Gasteiger partial charge in [-0.15, -0.1) is 0 Å². The molecule has 0 amide bonds. The Balaban J connectivity index is 4.21. The molecule has 0 saturated heterocycles. The average molecular weight is 1080 g/mol. The lowest BCUT2D eigenvalue weighted by Crippen LogP contribution is -2.30. The molecule has 0 radical (unpaired) electrons. The van der Waals surface area contributed by atoms with Crippen molar-refractivity contribution in [3.8, 4) is 0 Å². The summed E-state index contributed by atoms with van der Waals surface area (Å²) in [4.78, 5) is 38.2. The van der Waals surface area contributed by atoms with E-state index in [2.05, 4.69) is 154 Å². The van der Waals surface area contributed by atoms with Gasteiger partial charge in [0, 0.05) is 19.3 Å². The van der Waals surface area contributed by atoms with Crippen molar-refractivity contribution in [3.63, 3.8) is 0 Å². The van der Waals surface area contributed by atoms with E-state index >= 15 is 0 Å². The first-order valence-electron chi connectivity index (χ1n) is 32.2. The molecule has 0 aliphatic heterocycles. The van der Waals surface area contributed by atoms with E-state index < -0.39 is 6.10 Å². The van der Waals surface area contributed by atoms with Crippen LogP contribution in [0, 0.1) is 0 Å². The number of esters is 3. The van der Waals surface area contributed by atoms with Crippen LogP contribution < -0.4 is 0 Å². The molecule has 0 saturated carbocycles. The van der Waals surface area contributed by atoms with Gasteiger partial charge in [0.05, 0.1) is 0 Å². The maximum absolute atomic E-state index is 12.8. The second-order valence-corrected chi connectivity index (χ2v) is 20.9. The molecule has 0 N–H and O–H groups in total. The highest BCUT2D eigenvalue weighted by Crippen LogP contribution is 2.16. The first kappa shape index (κ1) is 73.5. The predicted octanol–water partition coefficient (Wildman–Crippen LogP) is 22.2. The summed E-state index contributed by atoms with van der Waals surface area (Å²) in [5.74, 6) is -0.959. The van der Waals surface area contributed by atoms with E-state index in [1.54, 1.807) is 0 Å². The minimum Gasteiger partial charge on any atom is -0.462 e. The molecule has 0 aromatic heterocycles. The fourth-order valence-electron chi connectivity index (χ4n) is 8.66. The van der Waals surface area contributed by atoms with E-state index in [1.807, 2.05) is 0 Å². The third kappa shape index (κ3) is 62.4. The van der Waals surface area contributed by atoms with Crippen molar-refractivity contribution in [1.29, 1.82) is 0 Å². The molecule has 442 valence electrons. The standard InChI is InChI=1S/C72H118O6/c1-4-7-10-13-16-19-22-24-26-28-29-30-31-32-33-34-35-36-37-38-39-40-41-42-43-45-46-48-50-53-56-59-62-65-71(74)77-68-69(67-76-70(73)64-61-58-55-52-21-18-15-12-9-6-3)78-72(75)66-63-60-57-54-51-49-47-44-27-25-23-20-17-14-11-8-5-2/h7-8,10-11,16-17,19-20,24-27,29-30,32-33,35-36,47,49,54,57,69H,4-6,9,12-15,18,21-23,28,31,34,37-46,48,50-53,55-56,58-68H2,1-3H3/b10-7-,11-8-,19-16-,20-17-,26-24-,27-25-,30-29-,33-32-,36-35-,49-47-,57-54-. The number of allylic oxidation sites excluding steroid dienone is 22. The second-order valence-electron chi connectivity index (χ2n) is 20.9. The fraction of sp³-hybridized carbons (Fsp3) is 0.653. The van der Waals surface area contributed by atoms with Crippen LogP contribution in [0.4, 0.5) is 0 Å². The summed E-state index contributed by atoms with van der Waals surface area (Å²) in [7, 11) is 0. The number of carbonyl (C=O) groups excluding carboxylic acids is 3. The van der Waals surface area contributed by atoms with E-state index in [1.165, 1.54) is 122 Å². The highest BCUT2D eigenvalue weighted by Gasteiger charge is 2.19. The van der Waals surface area contributed by atoms with Crippen LogP contribution in [0.25, 0.3) is 0 Å². The first-order chi connectivity index (χ1) is 38.5. The van der Waals surface area contributed by atoms with Crippen molar-refractivity contribution in [2.75, 3.05) is 13.2 Å². The minimum absolute atomic E-state index is 0.100. The van der Waals surface area contributed by atoms with Crippen molar-refractivity contribution in [1.82, 2.24) is 0 Å². The molecule has 0 rings (SSSR count). The monoisotopic (exact) mass is 1080 g/mol. The van der Waals surface area contributed by atoms with Crippen LogP contribution in [-0.2, 0) is 28.6 Å². The van der Waals surface area contributed by atoms with Gasteiger partial charge in [0.25, 0.3) is 0 Å². The Morgan fingerprint density at radius 1 is 0.269 bits per heavy atom. The molecular formula is C72H118O6. The number of carbonyl (C=O) groups is 3. The highest BCUT2D eigenvalue weighted by molar-refractivity contribution is 5.71. The molecule has 0 bridgehead atoms. The molecule has 0 aromatic rings. The highest BCUT2D eigenvalue weighted by atomic mass is 16.6. The summed E-state index contributed by atoms with van der Waals surface area (Å²) in [5, 5.41) is 0. The smallest absolute Gasteiger partial charge is 0.306 e. The van der Waals surface area contributed by atoms with Crippen molar-refractivity contribution >= 4 is 17.9 Å². The lowest BCUT2D eigenvalue weighted by Gasteiger charge is -2.18. The first-order valence-corrected chi connectivity index (χ1v) is 32.2. The van der Waals surface area contributed by atoms with Crippen LogP contribution in [0.15, 0.2) is 134 Å². The zero-order valence-electron chi connectivity index (χ0n) is 50.6. The molecule has 0 fully saturated rings. The van der Waals surface area contributed by atoms with Gasteiger partial charge in [-0.25, -0.2) is 0 Å². The third-order valence-corrected chi connectivity index (χ3v) is 13.4. The van der Waals surface area contributed by atoms with E-state index in [-0.39, 0.29) is 37.5 Å². The Bertz CT molecular complexity index is 1670. The zero-order chi connectivity index (χ0) is 56.4. The number of hydrogen-bond donors (Lipinski definition) is 0. The lowest BCUT2D eigenvalue weighted by atomic mass is 10.0. The fourth-order valence-corrected chi connectivity index (χ4v) is 8.66. The molecule has 0 aromatic carbocycles. The molecule has 6 nitrogen and oxygen atoms in total. The van der Waals surface area contributed by atoms with Crippen molar-refractivity contribution < 1.29 is 28.6 Å². The summed E-state index contributed by atoms with van der Waals surface area (Å²) in [6, 6.07) is 0. The quantitative estimate of drug-likeness (QED) is 0.0261. The Morgan fingerprint density at radius 3 is 0.821 bits per heavy atom. The predicted molar refractivity (Wildman–Crippen MR) is 339 cm³/mol. The lowest BCUT2D eigenvalue weighted by molar-refractivity contribution is -0.167. The summed E-state index contributed by atoms with van der Waals surface area (Å²) in [6.45, 7) is 6.36. The van der Waals surface area contributed by atoms with E-state index in [4.69, 9.17) is 14.2 Å². The van der Waals surface area contributed by atoms with Crippen molar-refractivity contribution in [2.24, 2.45) is 0 Å². The van der Waals surface area contributed by atoms with Crippen LogP contribution in [0.1, 0.15) is 284 Å². The number of unbranched alkanes of at least 4 members (excludes halogenated alkanes) is 24. The van der Waals surface area contributed by atoms with Gasteiger partial charge in [-0.3, -0.25) is 14.4 Å². The minimum atomic E-state index is -0.809. The second kappa shape index (κ2) is 65.1. The van der Waals surface area contributed by atoms with Gasteiger partial charge in [-0.1, -0.05) is 289 Å². The largest absolute Gasteiger partial charge is 0.462 e. The Morgan fingerprint density at radius 2 is 0.513 bits per heavy atom.